The Labute approximate surface area is 250 Å². The van der Waals surface area contributed by atoms with Crippen LogP contribution in [0, 0.1) is 0 Å². The molecule has 0 radical (unpaired) electrons. The molecule has 0 spiro atoms. The van der Waals surface area contributed by atoms with Crippen LogP contribution in [0.5, 0.6) is 0 Å². The van der Waals surface area contributed by atoms with Crippen molar-refractivity contribution in [1.82, 2.24) is 10.6 Å². The van der Waals surface area contributed by atoms with Gasteiger partial charge in [0.05, 0.1) is 36.6 Å². The van der Waals surface area contributed by atoms with Crippen molar-refractivity contribution in [3.8, 4) is 0 Å². The van der Waals surface area contributed by atoms with E-state index in [1.54, 1.807) is 0 Å². The van der Waals surface area contributed by atoms with Crippen LogP contribution in [0.15, 0.2) is 0 Å². The van der Waals surface area contributed by atoms with E-state index in [2.05, 4.69) is 10.6 Å². The zero-order chi connectivity index (χ0) is 31.9. The number of aliphatic hydroxyl groups is 7. The zero-order valence-electron chi connectivity index (χ0n) is 24.5. The third kappa shape index (κ3) is 10.5. The average molecular weight is 626 g/mol. The molecule has 15 N–H and O–H groups in total. The average Bonchev–Trinajstić information content (AvgIpc) is 2.92. The summed E-state index contributed by atoms with van der Waals surface area (Å²) in [5.74, 6) is -0.978. The topological polar surface area (TPSA) is 298 Å². The number of nitrogens with one attached hydrogen (secondary N) is 2. The van der Waals surface area contributed by atoms with Crippen LogP contribution >= 0.6 is 0 Å². The van der Waals surface area contributed by atoms with E-state index in [-0.39, 0.29) is 32.4 Å². The number of rotatable bonds is 14. The molecule has 2 aliphatic heterocycles. The first-order chi connectivity index (χ1) is 20.2. The van der Waals surface area contributed by atoms with Gasteiger partial charge in [0, 0.05) is 44.9 Å². The molecule has 2 heterocycles. The molecule has 252 valence electrons. The minimum absolute atomic E-state index is 0.0244. The predicted molar refractivity (Wildman–Crippen MR) is 149 cm³/mol. The first kappa shape index (κ1) is 36.3. The normalized spacial score (nSPS) is 40.9. The van der Waals surface area contributed by atoms with Gasteiger partial charge >= 0.3 is 0 Å². The van der Waals surface area contributed by atoms with Gasteiger partial charge in [-0.05, 0) is 26.3 Å². The molecule has 10 unspecified atom stereocenters. The van der Waals surface area contributed by atoms with Gasteiger partial charge in [0.25, 0.3) is 5.91 Å². The highest BCUT2D eigenvalue weighted by atomic mass is 16.7. The van der Waals surface area contributed by atoms with Crippen LogP contribution in [0.25, 0.3) is 0 Å². The van der Waals surface area contributed by atoms with Crippen molar-refractivity contribution in [2.24, 2.45) is 17.2 Å². The Balaban J connectivity index is 1.71. The molecule has 0 aromatic rings. The lowest BCUT2D eigenvalue weighted by Gasteiger charge is -2.47. The minimum atomic E-state index is -1.86. The smallest absolute Gasteiger partial charge is 0.251 e. The van der Waals surface area contributed by atoms with E-state index in [0.717, 1.165) is 0 Å². The van der Waals surface area contributed by atoms with E-state index < -0.39 is 91.1 Å². The van der Waals surface area contributed by atoms with Crippen LogP contribution in [-0.2, 0) is 23.7 Å². The molecular formula is C26H51N5O12. The van der Waals surface area contributed by atoms with Crippen molar-refractivity contribution in [3.63, 3.8) is 0 Å². The molecule has 0 aromatic heterocycles. The van der Waals surface area contributed by atoms with E-state index in [1.807, 2.05) is 0 Å². The monoisotopic (exact) mass is 625 g/mol. The molecule has 3 rings (SSSR count). The summed E-state index contributed by atoms with van der Waals surface area (Å²) in [6.07, 6.45) is -12.0. The Morgan fingerprint density at radius 2 is 1.81 bits per heavy atom. The Morgan fingerprint density at radius 3 is 2.47 bits per heavy atom. The number of hydrogen-bond donors (Lipinski definition) is 12. The Kier molecular flexibility index (Phi) is 13.9. The van der Waals surface area contributed by atoms with Gasteiger partial charge in [-0.15, -0.1) is 0 Å². The van der Waals surface area contributed by atoms with Crippen LogP contribution in [0.1, 0.15) is 39.0 Å². The van der Waals surface area contributed by atoms with Gasteiger partial charge in [0.15, 0.2) is 18.7 Å². The van der Waals surface area contributed by atoms with Crippen LogP contribution in [0.2, 0.25) is 0 Å². The van der Waals surface area contributed by atoms with Gasteiger partial charge in [-0.1, -0.05) is 0 Å². The highest BCUT2D eigenvalue weighted by Crippen LogP contribution is 2.32. The van der Waals surface area contributed by atoms with Gasteiger partial charge in [-0.3, -0.25) is 4.79 Å². The third-order valence-corrected chi connectivity index (χ3v) is 7.94. The Hall–Kier alpha value is -1.13. The fourth-order valence-corrected chi connectivity index (χ4v) is 5.62. The zero-order valence-corrected chi connectivity index (χ0v) is 24.5. The summed E-state index contributed by atoms with van der Waals surface area (Å²) < 4.78 is 23.5. The summed E-state index contributed by atoms with van der Waals surface area (Å²) in [5, 5.41) is 78.1. The first-order valence-corrected chi connectivity index (χ1v) is 14.8. The molecular weight excluding hydrogens is 574 g/mol. The van der Waals surface area contributed by atoms with Crippen molar-refractivity contribution in [3.05, 3.63) is 0 Å². The van der Waals surface area contributed by atoms with Gasteiger partial charge in [-0.25, -0.2) is 0 Å². The number of carbonyl (C=O) groups excluding carboxylic acids is 1. The van der Waals surface area contributed by atoms with E-state index >= 15 is 0 Å². The Bertz CT molecular complexity index is 861. The number of carbonyl (C=O) groups is 1. The van der Waals surface area contributed by atoms with E-state index in [0.29, 0.717) is 32.5 Å². The molecule has 14 atom stereocenters. The molecule has 0 bridgehead atoms. The highest BCUT2D eigenvalue weighted by molar-refractivity contribution is 5.81. The summed E-state index contributed by atoms with van der Waals surface area (Å²) in [6.45, 7) is 1.90. The second kappa shape index (κ2) is 16.4. The molecule has 1 aliphatic carbocycles. The van der Waals surface area contributed by atoms with Crippen molar-refractivity contribution in [2.75, 3.05) is 32.8 Å². The SMILES string of the molecule is C[C@]1(O)COC(O[C@H]2C(NC(=O)C(O)C(O)CN)CC(N)[C@@H](O[C@@H]3CC(O)CC(CNCC(O)CCN)O3)C2O)C(O)C1. The summed E-state index contributed by atoms with van der Waals surface area (Å²) in [7, 11) is 0. The molecule has 3 aliphatic rings. The number of ether oxygens (including phenoxy) is 4. The van der Waals surface area contributed by atoms with Gasteiger partial charge in [0.2, 0.25) is 0 Å². The number of aliphatic hydroxyl groups excluding tert-OH is 6. The van der Waals surface area contributed by atoms with Crippen LogP contribution in [0.4, 0.5) is 0 Å². The minimum Gasteiger partial charge on any atom is -0.393 e. The molecule has 17 heteroatoms. The third-order valence-electron chi connectivity index (χ3n) is 7.94. The second-order valence-electron chi connectivity index (χ2n) is 12.1. The lowest BCUT2D eigenvalue weighted by atomic mass is 9.83. The van der Waals surface area contributed by atoms with Crippen molar-refractivity contribution in [1.29, 1.82) is 0 Å². The van der Waals surface area contributed by atoms with Crippen LogP contribution in [-0.4, -0.2) is 160 Å². The van der Waals surface area contributed by atoms with Gasteiger partial charge in [0.1, 0.15) is 30.5 Å². The second-order valence-corrected chi connectivity index (χ2v) is 12.1. The Morgan fingerprint density at radius 1 is 1.09 bits per heavy atom. The number of hydrogen-bond acceptors (Lipinski definition) is 16. The maximum absolute atomic E-state index is 12.7. The van der Waals surface area contributed by atoms with Crippen LogP contribution < -0.4 is 27.8 Å². The molecule has 1 amide bonds. The summed E-state index contributed by atoms with van der Waals surface area (Å²) >= 11 is 0. The van der Waals surface area contributed by atoms with Crippen molar-refractivity contribution < 1.29 is 59.5 Å². The largest absolute Gasteiger partial charge is 0.393 e. The molecule has 17 nitrogen and oxygen atoms in total. The molecule has 1 saturated carbocycles. The van der Waals surface area contributed by atoms with Crippen LogP contribution in [0.3, 0.4) is 0 Å². The molecule has 3 fully saturated rings. The first-order valence-electron chi connectivity index (χ1n) is 14.8. The highest BCUT2D eigenvalue weighted by Gasteiger charge is 2.49. The maximum Gasteiger partial charge on any atom is 0.251 e. The standard InChI is InChI=1S/C26H51N5O12/c1-26(39)7-17(34)25(40-11-26)43-23-16(31-24(38)20(36)18(35)8-28)6-15(29)22(21(23)37)42-19-5-13(33)4-14(41-19)10-30-9-12(32)2-3-27/h12-23,25,30,32-37,39H,2-11,27-29H2,1H3,(H,31,38)/t12?,13?,14?,15?,16?,17?,18?,19-,20?,21?,22-,23+,25?,26-/m1/s1. The molecule has 2 saturated heterocycles. The van der Waals surface area contributed by atoms with E-state index in [4.69, 9.17) is 36.1 Å². The fraction of sp³-hybridized carbons (Fsp3) is 0.962. The summed E-state index contributed by atoms with van der Waals surface area (Å²) in [4.78, 5) is 12.7. The van der Waals surface area contributed by atoms with Crippen molar-refractivity contribution in [2.45, 2.75) is 124 Å². The van der Waals surface area contributed by atoms with E-state index in [1.165, 1.54) is 6.92 Å². The lowest BCUT2D eigenvalue weighted by Crippen LogP contribution is -2.67. The molecule has 43 heavy (non-hydrogen) atoms. The van der Waals surface area contributed by atoms with E-state index in [9.17, 15) is 40.5 Å². The summed E-state index contributed by atoms with van der Waals surface area (Å²) in [6, 6.07) is -1.91. The molecule has 0 aromatic carbocycles. The lowest BCUT2D eigenvalue weighted by molar-refractivity contribution is -0.303. The van der Waals surface area contributed by atoms with Gasteiger partial charge < -0.3 is 82.5 Å². The predicted octanol–water partition coefficient (Wildman–Crippen LogP) is -5.96. The fourth-order valence-electron chi connectivity index (χ4n) is 5.62. The quantitative estimate of drug-likeness (QED) is 0.0855. The maximum atomic E-state index is 12.7. The van der Waals surface area contributed by atoms with Gasteiger partial charge in [-0.2, -0.15) is 0 Å². The van der Waals surface area contributed by atoms with Crippen molar-refractivity contribution >= 4 is 5.91 Å². The number of nitrogens with two attached hydrogens (primary N) is 3. The number of amides is 1. The summed E-state index contributed by atoms with van der Waals surface area (Å²) in [5.41, 5.74) is 15.9.